The third kappa shape index (κ3) is 8.72. The number of pyridine rings is 4. The minimum absolute atomic E-state index is 0.0696. The van der Waals surface area contributed by atoms with Crippen LogP contribution in [0.1, 0.15) is 5.56 Å². The summed E-state index contributed by atoms with van der Waals surface area (Å²) in [5.74, 6) is -1.23. The second kappa shape index (κ2) is 18.2. The van der Waals surface area contributed by atoms with Crippen molar-refractivity contribution in [3.63, 3.8) is 0 Å². The molecule has 11 rings (SSSR count). The molecule has 1 fully saturated rings. The molecule has 25 heteroatoms. The van der Waals surface area contributed by atoms with E-state index in [1.165, 1.54) is 19.9 Å². The van der Waals surface area contributed by atoms with E-state index in [1.54, 1.807) is 139 Å². The van der Waals surface area contributed by atoms with E-state index >= 15 is 0 Å². The highest BCUT2D eigenvalue weighted by Crippen LogP contribution is 2.32. The molecule has 2 amide bonds. The second-order valence-corrected chi connectivity index (χ2v) is 18.0. The molecular formula is C50H41F6N14O5+. The first-order valence-electron chi connectivity index (χ1n) is 23.2. The zero-order valence-corrected chi connectivity index (χ0v) is 39.8. The lowest BCUT2D eigenvalue weighted by Crippen LogP contribution is -2.52. The molecule has 1 unspecified atom stereocenters. The standard InChI is InChI=1S/C50H40F6N14O5/c1-28-5-4-6-36-46(28)70(48(74)68(36)26-45(72)65-13-14-75-41(24-65)50(54,55)56)42-12-9-30(16-58-42)35-22-66(23-40-34(35)19-62-64(40)3)43-15-37-39(21-59-43)67(25-44(71)60-27-49(51,52)53)47(73)69(37)31-10-7-29(8-11-31)32-17-57-20-38-33(32)18-61-63(38)2/h4-12,15-23,41H,13-14,24-27H2,1-3H3/p+1. The Balaban J connectivity index is 0.970. The van der Waals surface area contributed by atoms with Gasteiger partial charge in [0.25, 0.3) is 0 Å². The third-order valence-electron chi connectivity index (χ3n) is 13.3. The smallest absolute Gasteiger partial charge is 0.365 e. The molecule has 0 aliphatic carbocycles. The number of nitrogens with one attached hydrogen (secondary N) is 1. The Morgan fingerprint density at radius 1 is 0.733 bits per heavy atom. The first kappa shape index (κ1) is 48.3. The van der Waals surface area contributed by atoms with Crippen LogP contribution in [0, 0.1) is 6.92 Å². The lowest BCUT2D eigenvalue weighted by molar-refractivity contribution is -0.597. The number of fused-ring (bicyclic) bond motifs is 4. The number of aryl methyl sites for hydroxylation is 3. The van der Waals surface area contributed by atoms with E-state index in [4.69, 9.17) is 9.72 Å². The highest BCUT2D eigenvalue weighted by molar-refractivity contribution is 5.95. The average Bonchev–Trinajstić information content (AvgIpc) is 4.12. The van der Waals surface area contributed by atoms with Crippen LogP contribution in [0.3, 0.4) is 0 Å². The van der Waals surface area contributed by atoms with E-state index < -0.39 is 67.8 Å². The van der Waals surface area contributed by atoms with Crippen LogP contribution in [0.4, 0.5) is 26.3 Å². The first-order valence-corrected chi connectivity index (χ1v) is 23.2. The molecule has 1 aliphatic rings. The van der Waals surface area contributed by atoms with Crippen molar-refractivity contribution in [2.75, 3.05) is 26.2 Å². The second-order valence-electron chi connectivity index (χ2n) is 18.0. The van der Waals surface area contributed by atoms with E-state index in [0.29, 0.717) is 50.1 Å². The van der Waals surface area contributed by atoms with Gasteiger partial charge in [-0.2, -0.15) is 36.5 Å². The Labute approximate surface area is 418 Å². The van der Waals surface area contributed by atoms with Gasteiger partial charge in [-0.25, -0.2) is 23.7 Å². The topological polar surface area (TPSA) is 191 Å². The van der Waals surface area contributed by atoms with E-state index in [0.717, 1.165) is 31.5 Å². The number of amides is 2. The molecule has 382 valence electrons. The largest absolute Gasteiger partial charge is 0.416 e. The average molecular weight is 1030 g/mol. The number of ether oxygens (including phenoxy) is 1. The SMILES string of the molecule is Cc1cccc2c1n(-c1ccc(-c3c[n+](-c4cc5c(cn4)n(CC(=O)NCC(F)(F)F)c(=O)n5-c4ccc(-c5cncc6c5cnn6C)cc4)cc4c3cnn4C)cn1)c(=O)n2CC(=O)N1CCOC(C(F)(F)F)C1. The fraction of sp³-hybridized carbons (Fsp3) is 0.240. The highest BCUT2D eigenvalue weighted by atomic mass is 19.4. The van der Waals surface area contributed by atoms with Crippen LogP contribution in [0.15, 0.2) is 120 Å². The predicted octanol–water partition coefficient (Wildman–Crippen LogP) is 5.24. The normalized spacial score (nSPS) is 14.5. The van der Waals surface area contributed by atoms with E-state index in [-0.39, 0.29) is 30.0 Å². The summed E-state index contributed by atoms with van der Waals surface area (Å²) >= 11 is 0. The molecule has 0 spiro atoms. The van der Waals surface area contributed by atoms with Gasteiger partial charge < -0.3 is 15.0 Å². The van der Waals surface area contributed by atoms with E-state index in [2.05, 4.69) is 20.2 Å². The van der Waals surface area contributed by atoms with Gasteiger partial charge in [0.15, 0.2) is 12.3 Å². The van der Waals surface area contributed by atoms with Gasteiger partial charge in [-0.05, 0) is 53.4 Å². The molecule has 19 nitrogen and oxygen atoms in total. The number of nitrogens with zero attached hydrogens (tertiary/aromatic N) is 13. The number of carbonyl (C=O) groups excluding carboxylic acids is 2. The fourth-order valence-corrected chi connectivity index (χ4v) is 9.53. The quantitative estimate of drug-likeness (QED) is 0.140. The molecule has 1 aliphatic heterocycles. The number of rotatable bonds is 10. The Morgan fingerprint density at radius 3 is 2.16 bits per heavy atom. The number of imidazole rings is 2. The summed E-state index contributed by atoms with van der Waals surface area (Å²) < 4.78 is 94.8. The summed E-state index contributed by atoms with van der Waals surface area (Å²) in [5, 5.41) is 12.2. The maximum absolute atomic E-state index is 14.4. The molecule has 1 N–H and O–H groups in total. The molecule has 0 bridgehead atoms. The summed E-state index contributed by atoms with van der Waals surface area (Å²) in [6.07, 6.45) is 1.75. The fourth-order valence-electron chi connectivity index (χ4n) is 9.53. The number of hydrogen-bond donors (Lipinski definition) is 1. The molecule has 10 aromatic rings. The molecule has 2 aromatic carbocycles. The van der Waals surface area contributed by atoms with Crippen molar-refractivity contribution in [3.8, 4) is 39.6 Å². The van der Waals surface area contributed by atoms with Gasteiger partial charge in [-0.1, -0.05) is 24.3 Å². The minimum Gasteiger partial charge on any atom is -0.365 e. The summed E-state index contributed by atoms with van der Waals surface area (Å²) in [6.45, 7) is -2.14. The van der Waals surface area contributed by atoms with Gasteiger partial charge in [0.05, 0.1) is 65.6 Å². The van der Waals surface area contributed by atoms with Crippen molar-refractivity contribution in [2.45, 2.75) is 38.5 Å². The Bertz CT molecular complexity index is 4040. The van der Waals surface area contributed by atoms with Gasteiger partial charge in [-0.3, -0.25) is 37.6 Å². The minimum atomic E-state index is -4.68. The van der Waals surface area contributed by atoms with Gasteiger partial charge in [0.1, 0.15) is 48.9 Å². The monoisotopic (exact) mass is 1030 g/mol. The van der Waals surface area contributed by atoms with E-state index in [9.17, 15) is 45.5 Å². The van der Waals surface area contributed by atoms with Gasteiger partial charge in [-0.15, -0.1) is 0 Å². The van der Waals surface area contributed by atoms with Crippen molar-refractivity contribution >= 4 is 55.7 Å². The zero-order chi connectivity index (χ0) is 52.7. The lowest BCUT2D eigenvalue weighted by atomic mass is 10.0. The maximum atomic E-state index is 14.4. The maximum Gasteiger partial charge on any atom is 0.416 e. The molecule has 1 atom stereocenters. The van der Waals surface area contributed by atoms with Crippen LogP contribution in [0.25, 0.3) is 83.4 Å². The number of carbonyl (C=O) groups is 2. The van der Waals surface area contributed by atoms with Crippen molar-refractivity contribution in [3.05, 3.63) is 137 Å². The number of morpholine rings is 1. The van der Waals surface area contributed by atoms with Crippen molar-refractivity contribution in [2.24, 2.45) is 14.1 Å². The Hall–Kier alpha value is -9.00. The molecular weight excluding hydrogens is 991 g/mol. The Kier molecular flexibility index (Phi) is 11.7. The van der Waals surface area contributed by atoms with Crippen molar-refractivity contribution < 1.29 is 45.2 Å². The molecule has 8 aromatic heterocycles. The third-order valence-corrected chi connectivity index (χ3v) is 13.3. The highest BCUT2D eigenvalue weighted by Gasteiger charge is 2.44. The lowest BCUT2D eigenvalue weighted by Gasteiger charge is -2.33. The van der Waals surface area contributed by atoms with Crippen molar-refractivity contribution in [1.29, 1.82) is 0 Å². The number of alkyl halides is 6. The predicted molar refractivity (Wildman–Crippen MR) is 259 cm³/mol. The number of hydrogen-bond acceptors (Lipinski definition) is 10. The summed E-state index contributed by atoms with van der Waals surface area (Å²) in [6, 6.07) is 17.1. The molecule has 9 heterocycles. The van der Waals surface area contributed by atoms with Gasteiger partial charge in [0.2, 0.25) is 11.8 Å². The molecule has 0 radical (unpaired) electrons. The van der Waals surface area contributed by atoms with Crippen LogP contribution in [0.2, 0.25) is 0 Å². The number of benzene rings is 2. The number of para-hydroxylation sites is 1. The summed E-state index contributed by atoms with van der Waals surface area (Å²) in [7, 11) is 3.55. The van der Waals surface area contributed by atoms with Crippen LogP contribution in [-0.4, -0.2) is 114 Å². The molecule has 0 saturated carbocycles. The zero-order valence-electron chi connectivity index (χ0n) is 39.8. The number of aromatic nitrogens is 12. The number of halogens is 6. The first-order chi connectivity index (χ1) is 35.8. The Morgan fingerprint density at radius 2 is 1.44 bits per heavy atom. The van der Waals surface area contributed by atoms with Gasteiger partial charge >= 0.3 is 29.5 Å². The van der Waals surface area contributed by atoms with Crippen molar-refractivity contribution in [1.82, 2.24) is 63.0 Å². The van der Waals surface area contributed by atoms with Crippen LogP contribution in [0.5, 0.6) is 0 Å². The summed E-state index contributed by atoms with van der Waals surface area (Å²) in [4.78, 5) is 69.9. The van der Waals surface area contributed by atoms with Crippen LogP contribution >= 0.6 is 0 Å². The van der Waals surface area contributed by atoms with E-state index in [1.807, 2.05) is 5.32 Å². The van der Waals surface area contributed by atoms with Crippen LogP contribution in [-0.2, 0) is 41.5 Å². The van der Waals surface area contributed by atoms with Crippen LogP contribution < -0.4 is 21.3 Å². The summed E-state index contributed by atoms with van der Waals surface area (Å²) in [5.41, 5.74) is 5.17. The van der Waals surface area contributed by atoms with Gasteiger partial charge in [0, 0.05) is 60.5 Å². The molecule has 1 saturated heterocycles. The molecule has 75 heavy (non-hydrogen) atoms.